The molecule has 2 heterocycles. The Labute approximate surface area is 204 Å². The van der Waals surface area contributed by atoms with E-state index >= 15 is 0 Å². The van der Waals surface area contributed by atoms with Crippen LogP contribution in [0.4, 0.5) is 8.78 Å². The average molecular weight is 490 g/mol. The van der Waals surface area contributed by atoms with Gasteiger partial charge in [0, 0.05) is 35.0 Å². The van der Waals surface area contributed by atoms with E-state index in [4.69, 9.17) is 16.9 Å². The lowest BCUT2D eigenvalue weighted by Gasteiger charge is -2.43. The van der Waals surface area contributed by atoms with Gasteiger partial charge in [-0.1, -0.05) is 35.9 Å². The molecule has 1 aromatic heterocycles. The van der Waals surface area contributed by atoms with E-state index < -0.39 is 24.4 Å². The van der Waals surface area contributed by atoms with Crippen LogP contribution in [0.5, 0.6) is 0 Å². The van der Waals surface area contributed by atoms with Gasteiger partial charge in [0.15, 0.2) is 11.8 Å². The molecule has 1 atom stereocenters. The van der Waals surface area contributed by atoms with Gasteiger partial charge in [0.1, 0.15) is 0 Å². The third-order valence-electron chi connectivity index (χ3n) is 6.28. The highest BCUT2D eigenvalue weighted by Gasteiger charge is 2.57. The number of amides is 1. The molecule has 174 valence electrons. The van der Waals surface area contributed by atoms with Crippen molar-refractivity contribution in [2.75, 3.05) is 6.54 Å². The number of Topliss-reactive ketones (excluding diaryl/α,β-unsaturated/α-hetero) is 1. The summed E-state index contributed by atoms with van der Waals surface area (Å²) in [5.74, 6) is -4.13. The van der Waals surface area contributed by atoms with E-state index in [0.717, 1.165) is 26.8 Å². The molecule has 4 aromatic rings. The van der Waals surface area contributed by atoms with E-state index in [2.05, 4.69) is 4.98 Å². The van der Waals surface area contributed by atoms with Gasteiger partial charge >= 0.3 is 0 Å². The summed E-state index contributed by atoms with van der Waals surface area (Å²) in [4.78, 5) is 30.5. The zero-order chi connectivity index (χ0) is 24.7. The fourth-order valence-corrected chi connectivity index (χ4v) is 4.56. The number of alkyl halides is 2. The molecule has 1 amide bonds. The lowest BCUT2D eigenvalue weighted by molar-refractivity contribution is -0.181. The van der Waals surface area contributed by atoms with E-state index in [1.165, 1.54) is 12.3 Å². The van der Waals surface area contributed by atoms with Crippen LogP contribution < -0.4 is 0 Å². The first-order valence-corrected chi connectivity index (χ1v) is 11.3. The molecule has 0 unspecified atom stereocenters. The summed E-state index contributed by atoms with van der Waals surface area (Å²) < 4.78 is 26.9. The summed E-state index contributed by atoms with van der Waals surface area (Å²) in [7, 11) is 0. The van der Waals surface area contributed by atoms with Gasteiger partial charge in [-0.2, -0.15) is 5.26 Å². The number of carbonyl (C=O) groups is 2. The number of aromatic nitrogens is 1. The number of likely N-dealkylation sites (tertiary alicyclic amines) is 1. The zero-order valence-electron chi connectivity index (χ0n) is 18.3. The van der Waals surface area contributed by atoms with E-state index in [0.29, 0.717) is 21.5 Å². The number of fused-ring (bicyclic) bond motifs is 2. The molecule has 5 nitrogen and oxygen atoms in total. The number of nitriles is 1. The van der Waals surface area contributed by atoms with Gasteiger partial charge in [0.05, 0.1) is 18.1 Å². The Morgan fingerprint density at radius 3 is 2.51 bits per heavy atom. The highest BCUT2D eigenvalue weighted by atomic mass is 35.5. The summed E-state index contributed by atoms with van der Waals surface area (Å²) in [5, 5.41) is 12.3. The number of rotatable bonds is 5. The van der Waals surface area contributed by atoms with Gasteiger partial charge in [-0.3, -0.25) is 14.6 Å². The Hall–Kier alpha value is -3.89. The Kier molecular flexibility index (Phi) is 5.70. The number of benzene rings is 3. The van der Waals surface area contributed by atoms with Crippen LogP contribution in [-0.2, 0) is 4.79 Å². The summed E-state index contributed by atoms with van der Waals surface area (Å²) in [6, 6.07) is 18.6. The van der Waals surface area contributed by atoms with Crippen LogP contribution in [0.15, 0.2) is 66.9 Å². The van der Waals surface area contributed by atoms with E-state index in [1.807, 2.05) is 54.6 Å². The average Bonchev–Trinajstić information content (AvgIpc) is 2.85. The van der Waals surface area contributed by atoms with Crippen molar-refractivity contribution < 1.29 is 18.4 Å². The van der Waals surface area contributed by atoms with Gasteiger partial charge < -0.3 is 4.90 Å². The van der Waals surface area contributed by atoms with Gasteiger partial charge in [0.25, 0.3) is 5.92 Å². The number of halogens is 3. The van der Waals surface area contributed by atoms with Crippen molar-refractivity contribution in [2.45, 2.75) is 24.8 Å². The Morgan fingerprint density at radius 1 is 1.03 bits per heavy atom. The maximum Gasteiger partial charge on any atom is 0.298 e. The molecule has 1 saturated heterocycles. The monoisotopic (exact) mass is 489 g/mol. The molecule has 0 aliphatic carbocycles. The molecule has 5 rings (SSSR count). The number of hydrogen-bond acceptors (Lipinski definition) is 4. The second kappa shape index (κ2) is 8.71. The Balaban J connectivity index is 1.39. The second-order valence-electron chi connectivity index (χ2n) is 8.53. The first-order valence-electron chi connectivity index (χ1n) is 11.0. The van der Waals surface area contributed by atoms with Crippen molar-refractivity contribution in [1.82, 2.24) is 9.88 Å². The predicted octanol–water partition coefficient (Wildman–Crippen LogP) is 6.04. The minimum atomic E-state index is -3.21. The van der Waals surface area contributed by atoms with Crippen LogP contribution in [-0.4, -0.2) is 40.1 Å². The van der Waals surface area contributed by atoms with Crippen LogP contribution in [0.2, 0.25) is 5.02 Å². The maximum atomic E-state index is 13.4. The third-order valence-corrected chi connectivity index (χ3v) is 6.51. The Morgan fingerprint density at radius 2 is 1.74 bits per heavy atom. The maximum absolute atomic E-state index is 13.4. The first-order chi connectivity index (χ1) is 16.8. The van der Waals surface area contributed by atoms with E-state index in [1.54, 1.807) is 6.07 Å². The molecule has 0 spiro atoms. The van der Waals surface area contributed by atoms with Crippen LogP contribution in [0.1, 0.15) is 23.2 Å². The molecular weight excluding hydrogens is 472 g/mol. The van der Waals surface area contributed by atoms with E-state index in [9.17, 15) is 18.4 Å². The van der Waals surface area contributed by atoms with Gasteiger partial charge in [-0.25, -0.2) is 8.78 Å². The number of carbonyl (C=O) groups excluding carboxylic acids is 2. The smallest absolute Gasteiger partial charge is 0.298 e. The summed E-state index contributed by atoms with van der Waals surface area (Å²) in [6.45, 7) is -0.794. The molecule has 0 N–H and O–H groups in total. The van der Waals surface area contributed by atoms with Crippen molar-refractivity contribution in [1.29, 1.82) is 5.26 Å². The number of pyridine rings is 1. The lowest BCUT2D eigenvalue weighted by atomic mass is 9.95. The van der Waals surface area contributed by atoms with Crippen molar-refractivity contribution in [3.63, 3.8) is 0 Å². The van der Waals surface area contributed by atoms with Crippen LogP contribution in [0.25, 0.3) is 32.8 Å². The fraction of sp³-hybridized carbons (Fsp3) is 0.185. The lowest BCUT2D eigenvalue weighted by Crippen LogP contribution is -2.66. The van der Waals surface area contributed by atoms with Crippen molar-refractivity contribution in [3.05, 3.63) is 77.4 Å². The molecule has 1 aliphatic heterocycles. The van der Waals surface area contributed by atoms with Crippen LogP contribution in [0, 0.1) is 11.3 Å². The van der Waals surface area contributed by atoms with Crippen LogP contribution in [0.3, 0.4) is 0 Å². The molecule has 0 saturated carbocycles. The molecule has 8 heteroatoms. The highest BCUT2D eigenvalue weighted by Crippen LogP contribution is 2.35. The molecule has 35 heavy (non-hydrogen) atoms. The predicted molar refractivity (Wildman–Crippen MR) is 129 cm³/mol. The van der Waals surface area contributed by atoms with Crippen molar-refractivity contribution in [3.8, 4) is 17.2 Å². The molecule has 0 radical (unpaired) electrons. The second-order valence-corrected chi connectivity index (χ2v) is 8.97. The third kappa shape index (κ3) is 4.22. The summed E-state index contributed by atoms with van der Waals surface area (Å²) in [6.07, 6.45) is 1.13. The zero-order valence-corrected chi connectivity index (χ0v) is 19.1. The molecule has 3 aromatic carbocycles. The minimum absolute atomic E-state index is 0.154. The largest absolute Gasteiger partial charge is 0.315 e. The van der Waals surface area contributed by atoms with E-state index in [-0.39, 0.29) is 18.6 Å². The first kappa shape index (κ1) is 22.9. The van der Waals surface area contributed by atoms with Crippen molar-refractivity contribution >= 4 is 45.0 Å². The Bertz CT molecular complexity index is 1550. The molecule has 1 aliphatic rings. The van der Waals surface area contributed by atoms with Crippen LogP contribution >= 0.6 is 11.6 Å². The fourth-order valence-electron chi connectivity index (χ4n) is 4.38. The van der Waals surface area contributed by atoms with Gasteiger partial charge in [0.2, 0.25) is 5.91 Å². The van der Waals surface area contributed by atoms with Crippen molar-refractivity contribution in [2.24, 2.45) is 0 Å². The quantitative estimate of drug-likeness (QED) is 0.320. The van der Waals surface area contributed by atoms with Gasteiger partial charge in [-0.15, -0.1) is 0 Å². The topological polar surface area (TPSA) is 74.1 Å². The molecule has 1 fully saturated rings. The normalized spacial score (nSPS) is 16.6. The van der Waals surface area contributed by atoms with Gasteiger partial charge in [-0.05, 0) is 58.3 Å². The number of nitrogens with zero attached hydrogens (tertiary/aromatic N) is 3. The minimum Gasteiger partial charge on any atom is -0.315 e. The highest BCUT2D eigenvalue weighted by molar-refractivity contribution is 6.31. The standard InChI is InChI=1S/C27H18ClF2N3O2/c28-20-5-3-17-11-16(1-2-18(17)12-20)19-4-6-23-22(13-19)21(9-10-32-23)24(34)7-8-26(35)33-15-27(29,30)25(33)14-31/h1-6,9-13,25H,7-8,15H2/t25-/m1/s1. The summed E-state index contributed by atoms with van der Waals surface area (Å²) in [5.41, 5.74) is 2.89. The number of ketones is 1. The summed E-state index contributed by atoms with van der Waals surface area (Å²) >= 11 is 6.08. The SMILES string of the molecule is N#C[C@H]1N(C(=O)CCC(=O)c2ccnc3ccc(-c4ccc5cc(Cl)ccc5c4)cc23)CC1(F)F. The molecule has 0 bridgehead atoms. The molecular formula is C27H18ClF2N3O2. The number of hydrogen-bond donors (Lipinski definition) is 0.